The number of para-hydroxylation sites is 2. The summed E-state index contributed by atoms with van der Waals surface area (Å²) in [5, 5.41) is 4.49. The number of pyridine rings is 1. The number of alkyl halides is 1. The van der Waals surface area contributed by atoms with Crippen molar-refractivity contribution in [2.75, 3.05) is 22.7 Å². The van der Waals surface area contributed by atoms with Crippen LogP contribution in [0.5, 0.6) is 0 Å². The summed E-state index contributed by atoms with van der Waals surface area (Å²) in [6.07, 6.45) is 19.9. The Kier molecular flexibility index (Phi) is 9.42. The second kappa shape index (κ2) is 13.1. The predicted molar refractivity (Wildman–Crippen MR) is 159 cm³/mol. The van der Waals surface area contributed by atoms with Crippen LogP contribution >= 0.6 is 23.4 Å². The molecule has 1 N–H and O–H groups in total. The van der Waals surface area contributed by atoms with Crippen LogP contribution in [0.1, 0.15) is 19.8 Å². The molecule has 7 heteroatoms. The van der Waals surface area contributed by atoms with E-state index in [4.69, 9.17) is 21.6 Å². The third-order valence-electron chi connectivity index (χ3n) is 6.08. The SMILES string of the molecule is C#C.C/C=C(\C=C/CCl)n1c2cc(=NC3CCSCC3)c(Nc3cccnc3)cc-2nc2ccccc21. The molecule has 2 aliphatic heterocycles. The minimum absolute atomic E-state index is 0.322. The highest BCUT2D eigenvalue weighted by atomic mass is 35.5. The van der Waals surface area contributed by atoms with Gasteiger partial charge in [-0.3, -0.25) is 9.98 Å². The van der Waals surface area contributed by atoms with Crippen molar-refractivity contribution in [2.24, 2.45) is 4.99 Å². The summed E-state index contributed by atoms with van der Waals surface area (Å²) in [6.45, 7) is 2.05. The Hall–Kier alpha value is -3.53. The van der Waals surface area contributed by atoms with Crippen LogP contribution in [0, 0.1) is 12.8 Å². The standard InChI is InChI=1S/C28H28ClN5S.C2H2/c1-2-22(8-5-13-29)34-27-10-4-3-9-23(27)33-26-17-24(32-21-7-6-14-30-19-21)25(18-28(26)34)31-20-11-15-35-16-12-20;1-2/h2-10,14,17-20,32H,11-13,15-16H2,1H3;1-2H/b8-5-,22-2+,31-25?;. The zero-order valence-corrected chi connectivity index (χ0v) is 22.4. The molecule has 0 saturated carbocycles. The number of nitrogens with zero attached hydrogens (tertiary/aromatic N) is 4. The van der Waals surface area contributed by atoms with Crippen LogP contribution in [0.15, 0.2) is 84.1 Å². The number of terminal acetylenes is 1. The molecule has 1 fully saturated rings. The minimum atomic E-state index is 0.322. The van der Waals surface area contributed by atoms with Crippen molar-refractivity contribution in [3.63, 3.8) is 0 Å². The van der Waals surface area contributed by atoms with Gasteiger partial charge in [0.2, 0.25) is 0 Å². The molecule has 1 aromatic carbocycles. The molecule has 1 aromatic heterocycles. The molecule has 3 aliphatic rings. The number of rotatable bonds is 6. The van der Waals surface area contributed by atoms with Crippen LogP contribution in [0.3, 0.4) is 0 Å². The average molecular weight is 528 g/mol. The first-order valence-electron chi connectivity index (χ1n) is 12.2. The van der Waals surface area contributed by atoms with E-state index in [9.17, 15) is 0 Å². The molecule has 2 aromatic rings. The molecule has 1 saturated heterocycles. The number of benzene rings is 2. The minimum Gasteiger partial charge on any atom is -0.352 e. The van der Waals surface area contributed by atoms with Gasteiger partial charge in [0.25, 0.3) is 0 Å². The maximum absolute atomic E-state index is 5.99. The highest BCUT2D eigenvalue weighted by Gasteiger charge is 2.18. The lowest BCUT2D eigenvalue weighted by molar-refractivity contribution is 0.613. The lowest BCUT2D eigenvalue weighted by Gasteiger charge is -2.22. The third kappa shape index (κ3) is 6.25. The topological polar surface area (TPSA) is 55.1 Å². The Bertz CT molecular complexity index is 1450. The molecule has 1 aliphatic carbocycles. The van der Waals surface area contributed by atoms with E-state index in [0.29, 0.717) is 11.9 Å². The number of thioether (sulfide) groups is 1. The first-order valence-corrected chi connectivity index (χ1v) is 13.9. The fourth-order valence-corrected chi connectivity index (χ4v) is 5.57. The fraction of sp³-hybridized carbons (Fsp3) is 0.233. The number of allylic oxidation sites excluding steroid dienone is 4. The summed E-state index contributed by atoms with van der Waals surface area (Å²) in [6, 6.07) is 16.8. The molecule has 0 atom stereocenters. The van der Waals surface area contributed by atoms with Gasteiger partial charge in [0.15, 0.2) is 0 Å². The highest BCUT2D eigenvalue weighted by molar-refractivity contribution is 7.99. The van der Waals surface area contributed by atoms with Gasteiger partial charge in [-0.1, -0.05) is 24.3 Å². The molecule has 0 unspecified atom stereocenters. The molecule has 3 heterocycles. The molecular weight excluding hydrogens is 498 g/mol. The number of hydrogen-bond donors (Lipinski definition) is 1. The van der Waals surface area contributed by atoms with Crippen LogP contribution in [-0.2, 0) is 0 Å². The fourth-order valence-electron chi connectivity index (χ4n) is 4.40. The van der Waals surface area contributed by atoms with Crippen molar-refractivity contribution < 1.29 is 0 Å². The van der Waals surface area contributed by atoms with Crippen LogP contribution < -0.4 is 10.7 Å². The lowest BCUT2D eigenvalue weighted by atomic mass is 10.1. The quantitative estimate of drug-likeness (QED) is 0.127. The van der Waals surface area contributed by atoms with E-state index in [-0.39, 0.29) is 0 Å². The number of nitrogens with one attached hydrogen (secondary N) is 1. The summed E-state index contributed by atoms with van der Waals surface area (Å²) >= 11 is 8.01. The predicted octanol–water partition coefficient (Wildman–Crippen LogP) is 6.98. The van der Waals surface area contributed by atoms with Crippen LogP contribution in [0.2, 0.25) is 0 Å². The summed E-state index contributed by atoms with van der Waals surface area (Å²) < 4.78 is 2.25. The Balaban J connectivity index is 0.00000156. The maximum atomic E-state index is 5.99. The van der Waals surface area contributed by atoms with E-state index in [2.05, 4.69) is 64.1 Å². The number of halogens is 1. The first-order chi connectivity index (χ1) is 18.3. The Morgan fingerprint density at radius 3 is 2.73 bits per heavy atom. The molecule has 188 valence electrons. The maximum Gasteiger partial charge on any atom is 0.0900 e. The van der Waals surface area contributed by atoms with Gasteiger partial charge in [-0.05, 0) is 73.7 Å². The first kappa shape index (κ1) is 26.5. The van der Waals surface area contributed by atoms with Gasteiger partial charge in [0, 0.05) is 17.8 Å². The van der Waals surface area contributed by atoms with Gasteiger partial charge < -0.3 is 9.88 Å². The number of fused-ring (bicyclic) bond motifs is 2. The zero-order chi connectivity index (χ0) is 26.0. The van der Waals surface area contributed by atoms with Gasteiger partial charge in [-0.25, -0.2) is 4.98 Å². The smallest absolute Gasteiger partial charge is 0.0900 e. The normalized spacial score (nSPS) is 15.1. The van der Waals surface area contributed by atoms with Gasteiger partial charge in [-0.15, -0.1) is 24.4 Å². The summed E-state index contributed by atoms with van der Waals surface area (Å²) in [5.74, 6) is 2.77. The van der Waals surface area contributed by atoms with E-state index in [1.165, 1.54) is 0 Å². The third-order valence-corrected chi connectivity index (χ3v) is 7.31. The molecule has 5 rings (SSSR count). The van der Waals surface area contributed by atoms with Crippen LogP contribution in [0.25, 0.3) is 28.1 Å². The molecule has 0 amide bonds. The van der Waals surface area contributed by atoms with Gasteiger partial charge in [0.1, 0.15) is 0 Å². The summed E-state index contributed by atoms with van der Waals surface area (Å²) in [4.78, 5) is 14.5. The van der Waals surface area contributed by atoms with Gasteiger partial charge in [-0.2, -0.15) is 11.8 Å². The number of hydrogen-bond acceptors (Lipinski definition) is 5. The molecule has 0 radical (unpaired) electrons. The van der Waals surface area contributed by atoms with Crippen molar-refractivity contribution in [1.82, 2.24) is 14.5 Å². The second-order valence-electron chi connectivity index (χ2n) is 8.40. The Labute approximate surface area is 227 Å². The second-order valence-corrected chi connectivity index (χ2v) is 9.94. The highest BCUT2D eigenvalue weighted by Crippen LogP contribution is 2.31. The molecule has 37 heavy (non-hydrogen) atoms. The van der Waals surface area contributed by atoms with E-state index in [1.54, 1.807) is 6.20 Å². The number of aromatic nitrogens is 3. The van der Waals surface area contributed by atoms with E-state index in [1.807, 2.05) is 55.2 Å². The van der Waals surface area contributed by atoms with Crippen molar-refractivity contribution in [3.8, 4) is 24.2 Å². The molecule has 0 bridgehead atoms. The van der Waals surface area contributed by atoms with E-state index < -0.39 is 0 Å². The van der Waals surface area contributed by atoms with Gasteiger partial charge in [0.05, 0.1) is 51.4 Å². The van der Waals surface area contributed by atoms with Crippen LogP contribution in [-0.4, -0.2) is 38.0 Å². The summed E-state index contributed by atoms with van der Waals surface area (Å²) in [5.41, 5.74) is 6.79. The van der Waals surface area contributed by atoms with Crippen molar-refractivity contribution >= 4 is 51.5 Å². The number of anilines is 2. The van der Waals surface area contributed by atoms with Gasteiger partial charge >= 0.3 is 0 Å². The monoisotopic (exact) mass is 527 g/mol. The average Bonchev–Trinajstić information content (AvgIpc) is 2.95. The molecular formula is C30H30ClN5S. The van der Waals surface area contributed by atoms with E-state index in [0.717, 1.165) is 69.2 Å². The zero-order valence-electron chi connectivity index (χ0n) is 20.8. The van der Waals surface area contributed by atoms with E-state index >= 15 is 0 Å². The Morgan fingerprint density at radius 2 is 2.00 bits per heavy atom. The Morgan fingerprint density at radius 1 is 1.19 bits per heavy atom. The summed E-state index contributed by atoms with van der Waals surface area (Å²) in [7, 11) is 0. The molecule has 5 nitrogen and oxygen atoms in total. The lowest BCUT2D eigenvalue weighted by Crippen LogP contribution is -2.20. The van der Waals surface area contributed by atoms with Crippen LogP contribution in [0.4, 0.5) is 11.4 Å². The molecule has 0 spiro atoms. The van der Waals surface area contributed by atoms with Crippen molar-refractivity contribution in [3.05, 3.63) is 84.5 Å². The van der Waals surface area contributed by atoms with Crippen molar-refractivity contribution in [1.29, 1.82) is 0 Å². The van der Waals surface area contributed by atoms with Crippen molar-refractivity contribution in [2.45, 2.75) is 25.8 Å². The largest absolute Gasteiger partial charge is 0.352 e.